The number of benzene rings is 5. The smallest absolute Gasteiger partial charge is 0.259 e. The highest BCUT2D eigenvalue weighted by Crippen LogP contribution is 2.44. The second kappa shape index (κ2) is 26.4. The maximum Gasteiger partial charge on any atom is 0.259 e. The predicted octanol–water partition coefficient (Wildman–Crippen LogP) is 6.62. The number of aliphatic hydroxyl groups excluding tert-OH is 1. The molecule has 4 heterocycles. The topological polar surface area (TPSA) is 243 Å². The number of rotatable bonds is 24. The first-order chi connectivity index (χ1) is 39.5. The van der Waals surface area contributed by atoms with Crippen LogP contribution in [0, 0.1) is 0 Å². The molecule has 9 rings (SSSR count). The molecule has 19 nitrogen and oxygen atoms in total. The Bertz CT molecular complexity index is 3260. The number of hydrogen-bond donors (Lipinski definition) is 6. The van der Waals surface area contributed by atoms with Crippen LogP contribution in [0.2, 0.25) is 0 Å². The molecule has 0 bridgehead atoms. The largest absolute Gasteiger partial charge is 0.493 e. The number of aliphatic hydroxyl groups is 1. The number of fused-ring (bicyclic) bond motifs is 8. The van der Waals surface area contributed by atoms with E-state index >= 15 is 0 Å². The molecule has 5 aromatic rings. The van der Waals surface area contributed by atoms with Crippen LogP contribution in [-0.2, 0) is 62.9 Å². The van der Waals surface area contributed by atoms with E-state index in [4.69, 9.17) is 18.9 Å². The molecule has 7 amide bonds. The number of aryl methyl sites for hydroxylation is 1. The first kappa shape index (κ1) is 58.9. The highest BCUT2D eigenvalue weighted by Gasteiger charge is 2.42. The van der Waals surface area contributed by atoms with Gasteiger partial charge in [0.15, 0.2) is 23.0 Å². The van der Waals surface area contributed by atoms with Crippen LogP contribution in [0.3, 0.4) is 0 Å². The molecular formula is C61H69N7O12S2. The molecule has 0 radical (unpaired) electrons. The fourth-order valence-corrected chi connectivity index (χ4v) is 13.4. The monoisotopic (exact) mass is 1160 g/mol. The Hall–Kier alpha value is -7.75. The first-order valence-electron chi connectivity index (χ1n) is 27.4. The van der Waals surface area contributed by atoms with Gasteiger partial charge in [0.2, 0.25) is 29.5 Å². The SMILES string of the molecule is CNC(=O)CCCSSC(C)(C)CCC(=O)NCC(=O)NCC(=O)NCC(=O)Nc1cc(COc2cc3c(cc2OC)C(=O)N2c4ccccc4C[C@H]2CC3)cc(COc2cc3c(cc2OC)C(=O)N2c4ccccc4C[C@H]2C(O)C3)c1. The van der Waals surface area contributed by atoms with Crippen molar-refractivity contribution in [2.75, 3.05) is 61.8 Å². The summed E-state index contributed by atoms with van der Waals surface area (Å²) in [6, 6.07) is 27.5. The molecule has 4 aliphatic heterocycles. The summed E-state index contributed by atoms with van der Waals surface area (Å²) in [6.07, 6.45) is 4.06. The molecule has 0 spiro atoms. The van der Waals surface area contributed by atoms with Gasteiger partial charge in [-0.3, -0.25) is 33.6 Å². The third kappa shape index (κ3) is 14.1. The summed E-state index contributed by atoms with van der Waals surface area (Å²) in [7, 11) is 7.91. The molecule has 0 saturated carbocycles. The quantitative estimate of drug-likeness (QED) is 0.0281. The molecule has 0 saturated heterocycles. The van der Waals surface area contributed by atoms with Crippen LogP contribution in [0.25, 0.3) is 0 Å². The maximum atomic E-state index is 14.2. The molecule has 5 aromatic carbocycles. The van der Waals surface area contributed by atoms with Crippen LogP contribution in [0.5, 0.6) is 23.0 Å². The van der Waals surface area contributed by atoms with Crippen molar-refractivity contribution in [3.05, 3.63) is 136 Å². The van der Waals surface area contributed by atoms with Gasteiger partial charge >= 0.3 is 0 Å². The molecule has 432 valence electrons. The van der Waals surface area contributed by atoms with Gasteiger partial charge in [0.1, 0.15) is 13.2 Å². The molecule has 82 heavy (non-hydrogen) atoms. The van der Waals surface area contributed by atoms with Crippen molar-refractivity contribution >= 4 is 80.0 Å². The van der Waals surface area contributed by atoms with Crippen molar-refractivity contribution in [2.24, 2.45) is 0 Å². The van der Waals surface area contributed by atoms with E-state index in [9.17, 15) is 38.7 Å². The Morgan fingerprint density at radius 2 is 1.20 bits per heavy atom. The van der Waals surface area contributed by atoms with Gasteiger partial charge in [-0.05, 0) is 140 Å². The van der Waals surface area contributed by atoms with Crippen LogP contribution >= 0.6 is 21.6 Å². The lowest BCUT2D eigenvalue weighted by atomic mass is 9.97. The second-order valence-corrected chi connectivity index (χ2v) is 24.4. The Labute approximate surface area is 484 Å². The zero-order valence-corrected chi connectivity index (χ0v) is 48.3. The Morgan fingerprint density at radius 1 is 0.634 bits per heavy atom. The van der Waals surface area contributed by atoms with Crippen molar-refractivity contribution in [2.45, 2.75) is 108 Å². The van der Waals surface area contributed by atoms with Crippen LogP contribution < -0.4 is 55.3 Å². The molecule has 0 aliphatic carbocycles. The van der Waals surface area contributed by atoms with Crippen LogP contribution in [0.15, 0.2) is 91.0 Å². The van der Waals surface area contributed by atoms with Crippen molar-refractivity contribution in [3.8, 4) is 23.0 Å². The molecule has 3 atom stereocenters. The van der Waals surface area contributed by atoms with Gasteiger partial charge in [-0.15, -0.1) is 0 Å². The fourth-order valence-electron chi connectivity index (χ4n) is 10.8. The molecule has 4 aliphatic rings. The molecule has 6 N–H and O–H groups in total. The van der Waals surface area contributed by atoms with E-state index in [-0.39, 0.29) is 67.0 Å². The maximum absolute atomic E-state index is 14.2. The number of nitrogens with one attached hydrogen (secondary N) is 5. The molecular weight excluding hydrogens is 1090 g/mol. The van der Waals surface area contributed by atoms with Gasteiger partial charge in [0.25, 0.3) is 11.8 Å². The Morgan fingerprint density at radius 3 is 1.83 bits per heavy atom. The van der Waals surface area contributed by atoms with E-state index in [0.717, 1.165) is 53.1 Å². The van der Waals surface area contributed by atoms with Crippen molar-refractivity contribution in [1.29, 1.82) is 0 Å². The minimum atomic E-state index is -0.846. The highest BCUT2D eigenvalue weighted by molar-refractivity contribution is 8.77. The number of carbonyl (C=O) groups excluding carboxylic acids is 7. The standard InChI is InChI=1S/C61H69N7O12S2/c1-61(2,82-81-20-10-15-54(70)62-3)19-18-55(71)63-31-56(72)64-32-57(73)65-33-58(74)66-42-22-36(34-79-52-27-38-16-17-43-24-39-11-6-8-13-46(39)67(43)59(75)44(38)29-50(52)77-4)21-37(23-42)35-80-53-28-41-26-49(69)48-25-40-12-7-9-14-47(40)68(48)60(76)45(41)30-51(53)78-5/h6-9,11-14,21-23,27-30,43,48-49,69H,10,15-20,24-26,31-35H2,1-5H3,(H,62,70)(H,63,71)(H,64,72)(H,65,73)(H,66,74)/t43-,48+,49?/m1/s1. The van der Waals surface area contributed by atoms with Gasteiger partial charge in [-0.25, -0.2) is 0 Å². The summed E-state index contributed by atoms with van der Waals surface area (Å²) in [4.78, 5) is 94.8. The minimum absolute atomic E-state index is 0.000469. The zero-order valence-electron chi connectivity index (χ0n) is 46.6. The predicted molar refractivity (Wildman–Crippen MR) is 315 cm³/mol. The summed E-state index contributed by atoms with van der Waals surface area (Å²) in [5.41, 5.74) is 7.82. The van der Waals surface area contributed by atoms with E-state index in [2.05, 4.69) is 32.7 Å². The first-order valence-corrected chi connectivity index (χ1v) is 29.8. The average molecular weight is 1160 g/mol. The van der Waals surface area contributed by atoms with Crippen LogP contribution in [0.1, 0.15) is 100 Å². The van der Waals surface area contributed by atoms with E-state index in [1.165, 1.54) is 14.2 Å². The average Bonchev–Trinajstić information content (AvgIpc) is 3.80. The van der Waals surface area contributed by atoms with Gasteiger partial charge in [-0.2, -0.15) is 0 Å². The number of para-hydroxylation sites is 2. The van der Waals surface area contributed by atoms with Crippen LogP contribution in [0.4, 0.5) is 17.1 Å². The van der Waals surface area contributed by atoms with Gasteiger partial charge in [-0.1, -0.05) is 58.0 Å². The Kier molecular flexibility index (Phi) is 19.0. The number of methoxy groups -OCH3 is 2. The third-order valence-corrected chi connectivity index (χ3v) is 18.4. The van der Waals surface area contributed by atoms with E-state index in [0.29, 0.717) is 82.2 Å². The number of ether oxygens (including phenoxy) is 4. The minimum Gasteiger partial charge on any atom is -0.493 e. The fraction of sp³-hybridized carbons (Fsp3) is 0.393. The summed E-state index contributed by atoms with van der Waals surface area (Å²) < 4.78 is 24.3. The van der Waals surface area contributed by atoms with E-state index < -0.39 is 43.0 Å². The lowest BCUT2D eigenvalue weighted by Crippen LogP contribution is -2.43. The van der Waals surface area contributed by atoms with Crippen LogP contribution in [-0.4, -0.2) is 116 Å². The normalized spacial score (nSPS) is 16.6. The van der Waals surface area contributed by atoms with E-state index in [1.807, 2.05) is 73.3 Å². The highest BCUT2D eigenvalue weighted by atomic mass is 33.1. The molecule has 0 aromatic heterocycles. The lowest BCUT2D eigenvalue weighted by molar-refractivity contribution is -0.128. The number of nitrogens with zero attached hydrogens (tertiary/aromatic N) is 2. The van der Waals surface area contributed by atoms with Gasteiger partial charge < -0.3 is 60.4 Å². The number of anilines is 3. The summed E-state index contributed by atoms with van der Waals surface area (Å²) >= 11 is 0. The Balaban J connectivity index is 0.844. The zero-order chi connectivity index (χ0) is 58.1. The number of amides is 7. The molecule has 1 unspecified atom stereocenters. The number of hydrogen-bond acceptors (Lipinski definition) is 14. The van der Waals surface area contributed by atoms with Gasteiger partial charge in [0.05, 0.1) is 46.0 Å². The summed E-state index contributed by atoms with van der Waals surface area (Å²) in [6.45, 7) is 2.82. The second-order valence-electron chi connectivity index (χ2n) is 21.3. The summed E-state index contributed by atoms with van der Waals surface area (Å²) in [5.74, 6) is -0.175. The summed E-state index contributed by atoms with van der Waals surface area (Å²) in [5, 5.41) is 24.5. The van der Waals surface area contributed by atoms with E-state index in [1.54, 1.807) is 63.9 Å². The van der Waals surface area contributed by atoms with Crippen molar-refractivity contribution < 1.29 is 57.6 Å². The van der Waals surface area contributed by atoms with Gasteiger partial charge in [0, 0.05) is 71.0 Å². The van der Waals surface area contributed by atoms with Crippen molar-refractivity contribution in [3.63, 3.8) is 0 Å². The van der Waals surface area contributed by atoms with Crippen molar-refractivity contribution in [1.82, 2.24) is 21.3 Å². The number of carbonyl (C=O) groups is 7. The molecule has 0 fully saturated rings. The molecule has 21 heteroatoms. The third-order valence-electron chi connectivity index (χ3n) is 15.0. The lowest BCUT2D eigenvalue weighted by Gasteiger charge is -2.26.